The molecule has 0 bridgehead atoms. The number of rotatable bonds is 5. The molecule has 4 heteroatoms. The van der Waals surface area contributed by atoms with E-state index in [0.29, 0.717) is 6.04 Å². The van der Waals surface area contributed by atoms with E-state index in [-0.39, 0.29) is 5.91 Å². The third kappa shape index (κ3) is 3.97. The van der Waals surface area contributed by atoms with Gasteiger partial charge in [0.25, 0.3) is 5.91 Å². The van der Waals surface area contributed by atoms with Crippen LogP contribution in [0.1, 0.15) is 37.0 Å². The number of hydrogen-bond acceptors (Lipinski definition) is 3. The second-order valence-electron chi connectivity index (χ2n) is 5.80. The Morgan fingerprint density at radius 2 is 1.95 bits per heavy atom. The Morgan fingerprint density at radius 3 is 2.57 bits per heavy atom. The van der Waals surface area contributed by atoms with Crippen LogP contribution in [0.15, 0.2) is 24.3 Å². The van der Waals surface area contributed by atoms with E-state index in [1.807, 2.05) is 29.2 Å². The van der Waals surface area contributed by atoms with Gasteiger partial charge in [0.15, 0.2) is 0 Å². The number of nitrogens with zero attached hydrogens (tertiary/aromatic N) is 2. The Morgan fingerprint density at radius 1 is 1.24 bits per heavy atom. The van der Waals surface area contributed by atoms with Crippen molar-refractivity contribution in [3.63, 3.8) is 0 Å². The van der Waals surface area contributed by atoms with E-state index >= 15 is 0 Å². The Kier molecular flexibility index (Phi) is 5.62. The van der Waals surface area contributed by atoms with Crippen LogP contribution in [0.4, 0.5) is 5.69 Å². The fourth-order valence-electron chi connectivity index (χ4n) is 2.75. The van der Waals surface area contributed by atoms with Gasteiger partial charge in [0.2, 0.25) is 0 Å². The molecule has 0 radical (unpaired) electrons. The third-order valence-corrected chi connectivity index (χ3v) is 4.25. The van der Waals surface area contributed by atoms with Crippen molar-refractivity contribution in [2.45, 2.75) is 32.7 Å². The second-order valence-corrected chi connectivity index (χ2v) is 5.80. The number of benzene rings is 1. The van der Waals surface area contributed by atoms with Gasteiger partial charge in [-0.1, -0.05) is 13.8 Å². The smallest absolute Gasteiger partial charge is 0.253 e. The molecule has 1 unspecified atom stereocenters. The van der Waals surface area contributed by atoms with Crippen LogP contribution in [-0.2, 0) is 0 Å². The summed E-state index contributed by atoms with van der Waals surface area (Å²) in [6.45, 7) is 7.90. The lowest BCUT2D eigenvalue weighted by atomic mass is 10.1. The summed E-state index contributed by atoms with van der Waals surface area (Å²) in [5, 5.41) is 3.33. The second kappa shape index (κ2) is 7.46. The molecule has 1 atom stereocenters. The molecule has 1 aromatic rings. The zero-order valence-corrected chi connectivity index (χ0v) is 13.4. The zero-order valence-electron chi connectivity index (χ0n) is 13.4. The Hall–Kier alpha value is -1.55. The van der Waals surface area contributed by atoms with E-state index in [0.717, 1.165) is 50.3 Å². The zero-order chi connectivity index (χ0) is 15.2. The third-order valence-electron chi connectivity index (χ3n) is 4.25. The Labute approximate surface area is 128 Å². The fourth-order valence-corrected chi connectivity index (χ4v) is 2.75. The maximum atomic E-state index is 12.6. The van der Waals surface area contributed by atoms with Crippen LogP contribution in [0.2, 0.25) is 0 Å². The van der Waals surface area contributed by atoms with Crippen molar-refractivity contribution in [3.05, 3.63) is 29.8 Å². The van der Waals surface area contributed by atoms with Gasteiger partial charge in [-0.2, -0.15) is 0 Å². The predicted octanol–water partition coefficient (Wildman–Crippen LogP) is 2.67. The molecule has 1 aliphatic heterocycles. The predicted molar refractivity (Wildman–Crippen MR) is 87.8 cm³/mol. The summed E-state index contributed by atoms with van der Waals surface area (Å²) in [5.41, 5.74) is 1.87. The molecule has 0 aromatic heterocycles. The summed E-state index contributed by atoms with van der Waals surface area (Å²) in [4.78, 5) is 16.9. The van der Waals surface area contributed by atoms with Gasteiger partial charge in [0.05, 0.1) is 0 Å². The number of piperazine rings is 1. The largest absolute Gasteiger partial charge is 0.385 e. The van der Waals surface area contributed by atoms with E-state index in [1.54, 1.807) is 0 Å². The van der Waals surface area contributed by atoms with Gasteiger partial charge in [-0.05, 0) is 44.2 Å². The van der Waals surface area contributed by atoms with Crippen molar-refractivity contribution in [1.29, 1.82) is 0 Å². The standard InChI is InChI=1S/C17H27N3O/c1-4-10-18-15-8-6-14(7-9-15)17(21)20-12-11-19(3)16(5-2)13-20/h6-9,16,18H,4-5,10-13H2,1-3H3. The molecule has 1 amide bonds. The van der Waals surface area contributed by atoms with Gasteiger partial charge < -0.3 is 10.2 Å². The van der Waals surface area contributed by atoms with Crippen molar-refractivity contribution < 1.29 is 4.79 Å². The number of carbonyl (C=O) groups excluding carboxylic acids is 1. The highest BCUT2D eigenvalue weighted by molar-refractivity contribution is 5.94. The summed E-state index contributed by atoms with van der Waals surface area (Å²) >= 11 is 0. The monoisotopic (exact) mass is 289 g/mol. The normalized spacial score (nSPS) is 19.6. The van der Waals surface area contributed by atoms with Gasteiger partial charge in [0, 0.05) is 43.5 Å². The molecule has 2 rings (SSSR count). The van der Waals surface area contributed by atoms with Crippen molar-refractivity contribution in [2.75, 3.05) is 38.5 Å². The Bertz CT molecular complexity index is 458. The highest BCUT2D eigenvalue weighted by Gasteiger charge is 2.26. The fraction of sp³-hybridized carbons (Fsp3) is 0.588. The van der Waals surface area contributed by atoms with Crippen LogP contribution >= 0.6 is 0 Å². The molecule has 0 aliphatic carbocycles. The molecular weight excluding hydrogens is 262 g/mol. The first-order chi connectivity index (χ1) is 10.2. The molecule has 1 saturated heterocycles. The van der Waals surface area contributed by atoms with Crippen molar-refractivity contribution in [1.82, 2.24) is 9.80 Å². The number of likely N-dealkylation sites (N-methyl/N-ethyl adjacent to an activating group) is 1. The van der Waals surface area contributed by atoms with E-state index in [2.05, 4.69) is 31.1 Å². The highest BCUT2D eigenvalue weighted by atomic mass is 16.2. The van der Waals surface area contributed by atoms with Crippen LogP contribution < -0.4 is 5.32 Å². The summed E-state index contributed by atoms with van der Waals surface area (Å²) in [7, 11) is 2.14. The lowest BCUT2D eigenvalue weighted by Gasteiger charge is -2.39. The van der Waals surface area contributed by atoms with Crippen molar-refractivity contribution in [3.8, 4) is 0 Å². The van der Waals surface area contributed by atoms with Crippen LogP contribution in [-0.4, -0.2) is 55.0 Å². The molecule has 1 aromatic carbocycles. The molecule has 4 nitrogen and oxygen atoms in total. The summed E-state index contributed by atoms with van der Waals surface area (Å²) < 4.78 is 0. The highest BCUT2D eigenvalue weighted by Crippen LogP contribution is 2.16. The van der Waals surface area contributed by atoms with E-state index in [4.69, 9.17) is 0 Å². The van der Waals surface area contributed by atoms with Crippen LogP contribution in [0.5, 0.6) is 0 Å². The Balaban J connectivity index is 1.99. The molecule has 1 heterocycles. The number of carbonyl (C=O) groups is 1. The van der Waals surface area contributed by atoms with Crippen LogP contribution in [0.3, 0.4) is 0 Å². The maximum absolute atomic E-state index is 12.6. The summed E-state index contributed by atoms with van der Waals surface area (Å²) in [6.07, 6.45) is 2.18. The van der Waals surface area contributed by atoms with Crippen molar-refractivity contribution in [2.24, 2.45) is 0 Å². The number of amides is 1. The minimum absolute atomic E-state index is 0.156. The maximum Gasteiger partial charge on any atom is 0.253 e. The number of anilines is 1. The molecule has 21 heavy (non-hydrogen) atoms. The number of hydrogen-bond donors (Lipinski definition) is 1. The average molecular weight is 289 g/mol. The van der Waals surface area contributed by atoms with Gasteiger partial charge in [0.1, 0.15) is 0 Å². The quantitative estimate of drug-likeness (QED) is 0.905. The van der Waals surface area contributed by atoms with Gasteiger partial charge >= 0.3 is 0 Å². The lowest BCUT2D eigenvalue weighted by Crippen LogP contribution is -2.52. The summed E-state index contributed by atoms with van der Waals surface area (Å²) in [6, 6.07) is 8.33. The molecule has 116 valence electrons. The lowest BCUT2D eigenvalue weighted by molar-refractivity contribution is 0.0542. The van der Waals surface area contributed by atoms with E-state index in [1.165, 1.54) is 0 Å². The molecule has 1 aliphatic rings. The minimum Gasteiger partial charge on any atom is -0.385 e. The van der Waals surface area contributed by atoms with Gasteiger partial charge in [-0.25, -0.2) is 0 Å². The topological polar surface area (TPSA) is 35.6 Å². The first-order valence-corrected chi connectivity index (χ1v) is 7.99. The van der Waals surface area contributed by atoms with Crippen molar-refractivity contribution >= 4 is 11.6 Å². The number of nitrogens with one attached hydrogen (secondary N) is 1. The molecule has 1 N–H and O–H groups in total. The van der Waals surface area contributed by atoms with E-state index < -0.39 is 0 Å². The first kappa shape index (κ1) is 15.8. The molecule has 0 spiro atoms. The minimum atomic E-state index is 0.156. The van der Waals surface area contributed by atoms with Crippen LogP contribution in [0.25, 0.3) is 0 Å². The summed E-state index contributed by atoms with van der Waals surface area (Å²) in [5.74, 6) is 0.156. The first-order valence-electron chi connectivity index (χ1n) is 7.99. The van der Waals surface area contributed by atoms with E-state index in [9.17, 15) is 4.79 Å². The van der Waals surface area contributed by atoms with Gasteiger partial charge in [-0.15, -0.1) is 0 Å². The molecule has 0 saturated carbocycles. The SMILES string of the molecule is CCCNc1ccc(C(=O)N2CCN(C)C(CC)C2)cc1. The molecular formula is C17H27N3O. The van der Waals surface area contributed by atoms with Crippen LogP contribution in [0, 0.1) is 0 Å². The van der Waals surface area contributed by atoms with Gasteiger partial charge in [-0.3, -0.25) is 9.69 Å². The molecule has 1 fully saturated rings. The average Bonchev–Trinajstić information content (AvgIpc) is 2.53.